The molecule has 2 aromatic rings. The molecule has 1 unspecified atom stereocenters. The molecule has 0 spiro atoms. The summed E-state index contributed by atoms with van der Waals surface area (Å²) in [5.74, 6) is -0.444. The number of nitrogens with one attached hydrogen (secondary N) is 1. The van der Waals surface area contributed by atoms with E-state index in [1.54, 1.807) is 6.92 Å². The number of hydrogen-bond donors (Lipinski definition) is 1. The Balaban J connectivity index is 2.18. The summed E-state index contributed by atoms with van der Waals surface area (Å²) in [7, 11) is -3.92. The third-order valence-electron chi connectivity index (χ3n) is 5.66. The number of nitrogens with zero attached hydrogens (tertiary/aromatic N) is 2. The fourth-order valence-corrected chi connectivity index (χ4v) is 4.61. The lowest BCUT2D eigenvalue weighted by atomic mass is 10.1. The Morgan fingerprint density at radius 3 is 2.22 bits per heavy atom. The molecule has 2 rings (SSSR count). The van der Waals surface area contributed by atoms with Gasteiger partial charge in [-0.2, -0.15) is 13.2 Å². The van der Waals surface area contributed by atoms with Crippen molar-refractivity contribution in [2.24, 2.45) is 5.92 Å². The largest absolute Gasteiger partial charge is 0.416 e. The fraction of sp³-hybridized carbons (Fsp3) is 0.462. The molecule has 0 bridgehead atoms. The molecule has 7 nitrogen and oxygen atoms in total. The summed E-state index contributed by atoms with van der Waals surface area (Å²) in [4.78, 5) is 27.4. The molecule has 1 atom stereocenters. The molecule has 0 saturated heterocycles. The summed E-state index contributed by atoms with van der Waals surface area (Å²) < 4.78 is 65.0. The van der Waals surface area contributed by atoms with Gasteiger partial charge in [0.15, 0.2) is 0 Å². The van der Waals surface area contributed by atoms with Crippen LogP contribution < -0.4 is 9.62 Å². The van der Waals surface area contributed by atoms with Gasteiger partial charge in [-0.3, -0.25) is 13.9 Å². The normalized spacial score (nSPS) is 12.8. The van der Waals surface area contributed by atoms with Gasteiger partial charge in [-0.05, 0) is 43.0 Å². The minimum absolute atomic E-state index is 0.0494. The maximum absolute atomic E-state index is 13.2. The Morgan fingerprint density at radius 2 is 1.65 bits per heavy atom. The van der Waals surface area contributed by atoms with Crippen molar-refractivity contribution < 1.29 is 31.2 Å². The molecule has 37 heavy (non-hydrogen) atoms. The van der Waals surface area contributed by atoms with Crippen molar-refractivity contribution in [3.05, 3.63) is 65.7 Å². The summed E-state index contributed by atoms with van der Waals surface area (Å²) in [6.45, 7) is 5.97. The lowest BCUT2D eigenvalue weighted by Crippen LogP contribution is -2.48. The number of hydrogen-bond acceptors (Lipinski definition) is 4. The highest BCUT2D eigenvalue weighted by atomic mass is 32.2. The first-order valence-electron chi connectivity index (χ1n) is 12.0. The van der Waals surface area contributed by atoms with Crippen LogP contribution in [0.1, 0.15) is 44.7 Å². The van der Waals surface area contributed by atoms with Crippen molar-refractivity contribution in [3.8, 4) is 0 Å². The van der Waals surface area contributed by atoms with E-state index in [9.17, 15) is 31.2 Å². The SMILES string of the molecule is CC(C)CNC(=O)C(C)N(Cc1ccccc1)C(=O)CCCN(c1cccc(C(F)(F)F)c1)S(C)(=O)=O. The maximum atomic E-state index is 13.2. The minimum Gasteiger partial charge on any atom is -0.354 e. The molecule has 0 aliphatic heterocycles. The molecule has 0 radical (unpaired) electrons. The smallest absolute Gasteiger partial charge is 0.354 e. The van der Waals surface area contributed by atoms with Crippen molar-refractivity contribution in [1.29, 1.82) is 0 Å². The zero-order valence-electron chi connectivity index (χ0n) is 21.5. The van der Waals surface area contributed by atoms with Gasteiger partial charge in [0, 0.05) is 26.1 Å². The van der Waals surface area contributed by atoms with Crippen LogP contribution >= 0.6 is 0 Å². The van der Waals surface area contributed by atoms with Crippen LogP contribution in [-0.2, 0) is 32.3 Å². The number of anilines is 1. The van der Waals surface area contributed by atoms with Crippen LogP contribution in [0.25, 0.3) is 0 Å². The summed E-state index contributed by atoms with van der Waals surface area (Å²) in [6, 6.07) is 12.4. The van der Waals surface area contributed by atoms with E-state index in [0.29, 0.717) is 6.54 Å². The Hall–Kier alpha value is -3.08. The van der Waals surface area contributed by atoms with E-state index in [1.165, 1.54) is 11.0 Å². The molecule has 0 saturated carbocycles. The van der Waals surface area contributed by atoms with Gasteiger partial charge in [-0.1, -0.05) is 50.2 Å². The van der Waals surface area contributed by atoms with Gasteiger partial charge in [0.25, 0.3) is 0 Å². The second kappa shape index (κ2) is 12.9. The molecule has 0 aromatic heterocycles. The quantitative estimate of drug-likeness (QED) is 0.431. The number of carbonyl (C=O) groups is 2. The molecule has 0 heterocycles. The van der Waals surface area contributed by atoms with Gasteiger partial charge in [0.05, 0.1) is 17.5 Å². The topological polar surface area (TPSA) is 86.8 Å². The number of benzene rings is 2. The van der Waals surface area contributed by atoms with Crippen molar-refractivity contribution in [2.75, 3.05) is 23.7 Å². The average molecular weight is 542 g/mol. The number of carbonyl (C=O) groups excluding carboxylic acids is 2. The molecule has 11 heteroatoms. The van der Waals surface area contributed by atoms with Gasteiger partial charge in [0.1, 0.15) is 6.04 Å². The van der Waals surface area contributed by atoms with Crippen LogP contribution in [0, 0.1) is 5.92 Å². The first kappa shape index (κ1) is 30.1. The number of halogens is 3. The van der Waals surface area contributed by atoms with Crippen molar-refractivity contribution in [3.63, 3.8) is 0 Å². The van der Waals surface area contributed by atoms with E-state index >= 15 is 0 Å². The molecular formula is C26H34F3N3O4S. The lowest BCUT2D eigenvalue weighted by molar-refractivity contribution is -0.140. The molecule has 0 aliphatic carbocycles. The van der Waals surface area contributed by atoms with Crippen molar-refractivity contribution in [1.82, 2.24) is 10.2 Å². The van der Waals surface area contributed by atoms with E-state index in [4.69, 9.17) is 0 Å². The third-order valence-corrected chi connectivity index (χ3v) is 6.86. The van der Waals surface area contributed by atoms with Crippen LogP contribution in [-0.4, -0.2) is 50.5 Å². The lowest BCUT2D eigenvalue weighted by Gasteiger charge is -2.29. The molecule has 2 aromatic carbocycles. The van der Waals surface area contributed by atoms with Crippen LogP contribution in [0.2, 0.25) is 0 Å². The van der Waals surface area contributed by atoms with Crippen molar-refractivity contribution in [2.45, 2.75) is 52.4 Å². The molecule has 0 aliphatic rings. The Bertz CT molecular complexity index is 1160. The average Bonchev–Trinajstić information content (AvgIpc) is 2.82. The molecule has 1 N–H and O–H groups in total. The first-order valence-corrected chi connectivity index (χ1v) is 13.8. The van der Waals surface area contributed by atoms with Gasteiger partial charge in [-0.25, -0.2) is 8.42 Å². The van der Waals surface area contributed by atoms with Crippen LogP contribution in [0.5, 0.6) is 0 Å². The predicted molar refractivity (Wildman–Crippen MR) is 137 cm³/mol. The highest BCUT2D eigenvalue weighted by molar-refractivity contribution is 7.92. The van der Waals surface area contributed by atoms with Crippen LogP contribution in [0.15, 0.2) is 54.6 Å². The van der Waals surface area contributed by atoms with E-state index in [2.05, 4.69) is 5.32 Å². The summed E-state index contributed by atoms with van der Waals surface area (Å²) in [5.41, 5.74) is -0.279. The Kier molecular flexibility index (Phi) is 10.5. The van der Waals surface area contributed by atoms with E-state index in [1.807, 2.05) is 44.2 Å². The standard InChI is InChI=1S/C26H34F3N3O4S/c1-19(2)17-30-25(34)20(3)31(18-21-10-6-5-7-11-21)24(33)14-9-15-32(37(4,35)36)23-13-8-12-22(16-23)26(27,28)29/h5-8,10-13,16,19-20H,9,14-15,17-18H2,1-4H3,(H,30,34). The van der Waals surface area contributed by atoms with Gasteiger partial charge in [-0.15, -0.1) is 0 Å². The maximum Gasteiger partial charge on any atom is 0.416 e. The number of sulfonamides is 1. The number of alkyl halides is 3. The van der Waals surface area contributed by atoms with Crippen LogP contribution in [0.4, 0.5) is 18.9 Å². The monoisotopic (exact) mass is 541 g/mol. The van der Waals surface area contributed by atoms with E-state index in [-0.39, 0.29) is 49.4 Å². The third kappa shape index (κ3) is 9.38. The highest BCUT2D eigenvalue weighted by Crippen LogP contribution is 2.32. The summed E-state index contributed by atoms with van der Waals surface area (Å²) >= 11 is 0. The van der Waals surface area contributed by atoms with Gasteiger partial charge < -0.3 is 10.2 Å². The Morgan fingerprint density at radius 1 is 1.00 bits per heavy atom. The fourth-order valence-electron chi connectivity index (χ4n) is 3.66. The zero-order valence-corrected chi connectivity index (χ0v) is 22.3. The predicted octanol–water partition coefficient (Wildman–Crippen LogP) is 4.44. The highest BCUT2D eigenvalue weighted by Gasteiger charge is 2.32. The molecule has 2 amide bonds. The minimum atomic E-state index is -4.63. The van der Waals surface area contributed by atoms with Crippen LogP contribution in [0.3, 0.4) is 0 Å². The second-order valence-electron chi connectivity index (χ2n) is 9.31. The first-order chi connectivity index (χ1) is 17.2. The van der Waals surface area contributed by atoms with E-state index in [0.717, 1.165) is 34.3 Å². The molecule has 0 fully saturated rings. The number of amides is 2. The molecule has 204 valence electrons. The number of rotatable bonds is 12. The second-order valence-corrected chi connectivity index (χ2v) is 11.2. The zero-order chi connectivity index (χ0) is 27.8. The summed E-state index contributed by atoms with van der Waals surface area (Å²) in [5, 5.41) is 2.82. The molecular weight excluding hydrogens is 507 g/mol. The Labute approximate surface area is 216 Å². The summed E-state index contributed by atoms with van der Waals surface area (Å²) in [6.07, 6.45) is -3.77. The van der Waals surface area contributed by atoms with Gasteiger partial charge >= 0.3 is 6.18 Å². The van der Waals surface area contributed by atoms with Gasteiger partial charge in [0.2, 0.25) is 21.8 Å². The van der Waals surface area contributed by atoms with Crippen molar-refractivity contribution >= 4 is 27.5 Å². The van der Waals surface area contributed by atoms with E-state index < -0.39 is 27.8 Å².